The Morgan fingerprint density at radius 2 is 0.198 bits per heavy atom. The standard InChI is InChI=1S/2C18H12I2.2C18H13I.C18H14/c19-17-9-5-15(6-10-17)13-1-2-14(4-3-13)16-7-11-18(20)12-8-16;19-17-8-4-13(5-9-17)15-2-1-3-16(12-15)14-6-10-18(20)11-7-14;19-18-11-9-15(10-12-18)17-8-4-7-16(13-17)14-5-2-1-3-6-14;19-18-12-10-17(11-13-18)16-8-6-15(7-9-16)14-4-2-1-3-5-14;1-3-7-15(8-4-1)17-11-13-18(14-12-17)16-9-5-2-6-10-16/h2*1-12H;2*1-13H;1-14H. The minimum atomic E-state index is 1.26. The Bertz CT molecular complexity index is 4620. The van der Waals surface area contributed by atoms with Crippen LogP contribution in [0.3, 0.4) is 0 Å². The second-order valence-electron chi connectivity index (χ2n) is 22.4. The fraction of sp³-hybridized carbons (Fsp3) is 0. The van der Waals surface area contributed by atoms with Crippen molar-refractivity contribution in [3.63, 3.8) is 0 Å². The van der Waals surface area contributed by atoms with Crippen molar-refractivity contribution in [3.05, 3.63) is 410 Å². The summed E-state index contributed by atoms with van der Waals surface area (Å²) < 4.78 is 7.59. The lowest BCUT2D eigenvalue weighted by Crippen LogP contribution is -1.82. The van der Waals surface area contributed by atoms with Gasteiger partial charge in [-0.15, -0.1) is 0 Å². The van der Waals surface area contributed by atoms with Gasteiger partial charge in [-0.05, 0) is 332 Å². The third-order valence-corrected chi connectivity index (χ3v) is 20.2. The van der Waals surface area contributed by atoms with E-state index < -0.39 is 0 Å². The van der Waals surface area contributed by atoms with Crippen molar-refractivity contribution in [1.29, 1.82) is 0 Å². The van der Waals surface area contributed by atoms with Gasteiger partial charge in [0.25, 0.3) is 0 Å². The maximum atomic E-state index is 2.33. The van der Waals surface area contributed by atoms with E-state index in [1.54, 1.807) is 0 Å². The van der Waals surface area contributed by atoms with Gasteiger partial charge in [0.1, 0.15) is 0 Å². The maximum Gasteiger partial charge on any atom is 0.0130 e. The first-order valence-electron chi connectivity index (χ1n) is 31.3. The van der Waals surface area contributed by atoms with Crippen LogP contribution in [0.5, 0.6) is 0 Å². The Kier molecular flexibility index (Phi) is 26.5. The van der Waals surface area contributed by atoms with Gasteiger partial charge < -0.3 is 0 Å². The lowest BCUT2D eigenvalue weighted by Gasteiger charge is -2.06. The molecule has 0 nitrogen and oxygen atoms in total. The van der Waals surface area contributed by atoms with Crippen LogP contribution in [0.2, 0.25) is 0 Å². The molecule has 0 aliphatic carbocycles. The van der Waals surface area contributed by atoms with Crippen LogP contribution in [0.15, 0.2) is 388 Å². The summed E-state index contributed by atoms with van der Waals surface area (Å²) in [5, 5.41) is 0. The van der Waals surface area contributed by atoms with E-state index in [1.165, 1.54) is 133 Å². The molecule has 0 unspecified atom stereocenters. The first-order valence-corrected chi connectivity index (χ1v) is 37.8. The smallest absolute Gasteiger partial charge is 0.0130 e. The molecule has 0 aromatic heterocycles. The minimum Gasteiger partial charge on any atom is -0.0622 e. The molecule has 466 valence electrons. The van der Waals surface area contributed by atoms with E-state index in [0.29, 0.717) is 0 Å². The van der Waals surface area contributed by atoms with Crippen molar-refractivity contribution >= 4 is 136 Å². The average molecular weight is 1910 g/mol. The lowest BCUT2D eigenvalue weighted by atomic mass is 9.99. The zero-order valence-electron chi connectivity index (χ0n) is 52.2. The molecule has 0 bridgehead atoms. The summed E-state index contributed by atoms with van der Waals surface area (Å²) in [6.45, 7) is 0. The van der Waals surface area contributed by atoms with E-state index in [1.807, 2.05) is 24.3 Å². The SMILES string of the molecule is Ic1ccc(-c2ccc(-c3ccc(I)cc3)cc2)cc1.Ic1ccc(-c2ccc(-c3ccccc3)cc2)cc1.Ic1ccc(-c2cccc(-c3ccc(I)cc3)c2)cc1.Ic1ccc(-c2cccc(-c3ccccc3)c2)cc1.c1ccc(-c2ccc(-c3ccccc3)cc2)cc1. The largest absolute Gasteiger partial charge is 0.0622 e. The van der Waals surface area contributed by atoms with Crippen molar-refractivity contribution in [2.75, 3.05) is 0 Å². The van der Waals surface area contributed by atoms with Gasteiger partial charge in [-0.1, -0.05) is 303 Å². The van der Waals surface area contributed by atoms with Crippen LogP contribution in [0.1, 0.15) is 0 Å². The Hall–Kier alpha value is -7.32. The highest BCUT2D eigenvalue weighted by Crippen LogP contribution is 2.32. The summed E-state index contributed by atoms with van der Waals surface area (Å²) in [6.07, 6.45) is 0. The zero-order valence-corrected chi connectivity index (χ0v) is 65.2. The van der Waals surface area contributed by atoms with Gasteiger partial charge in [-0.25, -0.2) is 0 Å². The summed E-state index contributed by atoms with van der Waals surface area (Å²) in [4.78, 5) is 0. The van der Waals surface area contributed by atoms with Gasteiger partial charge in [-0.2, -0.15) is 0 Å². The van der Waals surface area contributed by atoms with Crippen molar-refractivity contribution in [1.82, 2.24) is 0 Å². The predicted molar refractivity (Wildman–Crippen MR) is 463 cm³/mol. The maximum absolute atomic E-state index is 2.33. The van der Waals surface area contributed by atoms with Gasteiger partial charge in [0.2, 0.25) is 0 Å². The second kappa shape index (κ2) is 36.3. The first kappa shape index (κ1) is 70.0. The predicted octanol–water partition coefficient (Wildman–Crippen LogP) is 28.7. The molecule has 0 amide bonds. The number of rotatable bonds is 10. The van der Waals surface area contributed by atoms with Crippen molar-refractivity contribution in [3.8, 4) is 111 Å². The van der Waals surface area contributed by atoms with E-state index in [0.717, 1.165) is 0 Å². The van der Waals surface area contributed by atoms with Crippen LogP contribution >= 0.6 is 136 Å². The molecule has 0 aliphatic heterocycles. The van der Waals surface area contributed by atoms with Gasteiger partial charge in [0, 0.05) is 21.4 Å². The zero-order chi connectivity index (χ0) is 66.3. The van der Waals surface area contributed by atoms with E-state index >= 15 is 0 Å². The molecule has 0 fully saturated rings. The highest BCUT2D eigenvalue weighted by molar-refractivity contribution is 14.1. The number of halogens is 6. The average Bonchev–Trinajstić information content (AvgIpc) is 1.28. The molecule has 0 saturated carbocycles. The molecule has 0 saturated heterocycles. The van der Waals surface area contributed by atoms with Crippen LogP contribution in [-0.2, 0) is 0 Å². The molecule has 0 N–H and O–H groups in total. The molecule has 0 atom stereocenters. The molecule has 96 heavy (non-hydrogen) atoms. The molecule has 0 spiro atoms. The Labute approximate surface area is 648 Å². The fourth-order valence-electron chi connectivity index (χ4n) is 10.7. The highest BCUT2D eigenvalue weighted by Gasteiger charge is 2.07. The van der Waals surface area contributed by atoms with Crippen LogP contribution < -0.4 is 0 Å². The highest BCUT2D eigenvalue weighted by atomic mass is 127. The summed E-state index contributed by atoms with van der Waals surface area (Å²) in [5.41, 5.74) is 25.2. The quantitative estimate of drug-likeness (QED) is 0.120. The summed E-state index contributed by atoms with van der Waals surface area (Å²) in [7, 11) is 0. The summed E-state index contributed by atoms with van der Waals surface area (Å²) in [5.74, 6) is 0. The van der Waals surface area contributed by atoms with Crippen molar-refractivity contribution < 1.29 is 0 Å². The van der Waals surface area contributed by atoms with Gasteiger partial charge in [0.15, 0.2) is 0 Å². The van der Waals surface area contributed by atoms with Crippen LogP contribution in [0, 0.1) is 21.4 Å². The third-order valence-electron chi connectivity index (χ3n) is 15.9. The Balaban J connectivity index is 0.000000122. The molecule has 0 heterocycles. The fourth-order valence-corrected chi connectivity index (χ4v) is 12.9. The first-order chi connectivity index (χ1) is 47.0. The number of hydrogen-bond donors (Lipinski definition) is 0. The van der Waals surface area contributed by atoms with Crippen molar-refractivity contribution in [2.24, 2.45) is 0 Å². The van der Waals surface area contributed by atoms with Crippen LogP contribution in [0.25, 0.3) is 111 Å². The van der Waals surface area contributed by atoms with E-state index in [-0.39, 0.29) is 0 Å². The normalized spacial score (nSPS) is 10.4. The molecular weight excluding hydrogens is 1840 g/mol. The van der Waals surface area contributed by atoms with Gasteiger partial charge in [-0.3, -0.25) is 0 Å². The molecule has 0 radical (unpaired) electrons. The van der Waals surface area contributed by atoms with Crippen molar-refractivity contribution in [2.45, 2.75) is 0 Å². The summed E-state index contributed by atoms with van der Waals surface area (Å²) >= 11 is 14.0. The third kappa shape index (κ3) is 20.9. The van der Waals surface area contributed by atoms with Crippen LogP contribution in [-0.4, -0.2) is 0 Å². The minimum absolute atomic E-state index is 1.26. The monoisotopic (exact) mass is 1910 g/mol. The topological polar surface area (TPSA) is 0 Å². The molecule has 15 aromatic rings. The van der Waals surface area contributed by atoms with E-state index in [4.69, 9.17) is 0 Å². The molecule has 0 aliphatic rings. The van der Waals surface area contributed by atoms with E-state index in [9.17, 15) is 0 Å². The Morgan fingerprint density at radius 3 is 0.354 bits per heavy atom. The summed E-state index contributed by atoms with van der Waals surface area (Å²) in [6, 6.07) is 137. The lowest BCUT2D eigenvalue weighted by molar-refractivity contribution is 1.56. The molecule has 15 rings (SSSR count). The molecule has 15 aromatic carbocycles. The van der Waals surface area contributed by atoms with Crippen LogP contribution in [0.4, 0.5) is 0 Å². The van der Waals surface area contributed by atoms with Gasteiger partial charge >= 0.3 is 0 Å². The number of hydrogen-bond acceptors (Lipinski definition) is 0. The second-order valence-corrected chi connectivity index (χ2v) is 29.9. The Morgan fingerprint density at radius 1 is 0.0938 bits per heavy atom. The molecular formula is C90H64I6. The van der Waals surface area contributed by atoms with E-state index in [2.05, 4.69) is 500 Å². The van der Waals surface area contributed by atoms with Gasteiger partial charge in [0.05, 0.1) is 0 Å². The molecule has 6 heteroatoms. The number of benzene rings is 15.